The van der Waals surface area contributed by atoms with Crippen molar-refractivity contribution in [3.05, 3.63) is 70.9 Å². The van der Waals surface area contributed by atoms with Crippen LogP contribution in [0.1, 0.15) is 24.1 Å². The summed E-state index contributed by atoms with van der Waals surface area (Å²) in [5.74, 6) is 0. The molecule has 25 heavy (non-hydrogen) atoms. The minimum absolute atomic E-state index is 0.362. The first-order chi connectivity index (χ1) is 12.4. The number of hydrogen-bond acceptors (Lipinski definition) is 4. The van der Waals surface area contributed by atoms with Crippen molar-refractivity contribution in [2.75, 3.05) is 13.2 Å². The number of ether oxygens (including phenoxy) is 1. The highest BCUT2D eigenvalue weighted by Crippen LogP contribution is 2.20. The van der Waals surface area contributed by atoms with Gasteiger partial charge in [-0.1, -0.05) is 0 Å². The van der Waals surface area contributed by atoms with Gasteiger partial charge in [0.05, 0.1) is 18.0 Å². The Labute approximate surface area is 152 Å². The van der Waals surface area contributed by atoms with E-state index in [0.717, 1.165) is 31.9 Å². The fourth-order valence-corrected chi connectivity index (χ4v) is 4.08. The minimum Gasteiger partial charge on any atom is -0.377 e. The number of rotatable bonds is 7. The molecular weight excluding hydrogens is 330 g/mol. The molecule has 0 radical (unpaired) electrons. The topological polar surface area (TPSA) is 30.3 Å². The van der Waals surface area contributed by atoms with Crippen LogP contribution in [-0.2, 0) is 17.8 Å². The Balaban J connectivity index is 1.53. The Hall–Kier alpha value is -1.95. The molecule has 4 rings (SSSR count). The maximum Gasteiger partial charge on any atom is 0.0703 e. The molecule has 0 N–H and O–H groups in total. The maximum absolute atomic E-state index is 5.88. The standard InChI is InChI=1S/C20H23N3OS/c1-4-18(12-21-8-1)23-9-2-5-19(23)14-22(13-17-7-11-25-16-17)15-20-6-3-10-24-20/h1-2,4-5,7-9,11-12,16,20H,3,6,10,13-15H2. The molecule has 0 bridgehead atoms. The zero-order valence-corrected chi connectivity index (χ0v) is 15.1. The van der Waals surface area contributed by atoms with Crippen molar-refractivity contribution in [1.29, 1.82) is 0 Å². The lowest BCUT2D eigenvalue weighted by Crippen LogP contribution is -2.32. The molecular formula is C20H23N3OS. The summed E-state index contributed by atoms with van der Waals surface area (Å²) in [6.45, 7) is 3.75. The van der Waals surface area contributed by atoms with Gasteiger partial charge in [0.25, 0.3) is 0 Å². The van der Waals surface area contributed by atoms with E-state index in [-0.39, 0.29) is 0 Å². The monoisotopic (exact) mass is 353 g/mol. The van der Waals surface area contributed by atoms with E-state index in [1.807, 2.05) is 18.5 Å². The zero-order chi connectivity index (χ0) is 16.9. The Morgan fingerprint density at radius 3 is 3.00 bits per heavy atom. The second kappa shape index (κ2) is 7.95. The van der Waals surface area contributed by atoms with Gasteiger partial charge in [0, 0.05) is 44.3 Å². The van der Waals surface area contributed by atoms with Crippen molar-refractivity contribution >= 4 is 11.3 Å². The number of pyridine rings is 1. The average molecular weight is 353 g/mol. The second-order valence-electron chi connectivity index (χ2n) is 6.52. The first-order valence-electron chi connectivity index (χ1n) is 8.80. The van der Waals surface area contributed by atoms with Crippen molar-refractivity contribution in [2.24, 2.45) is 0 Å². The van der Waals surface area contributed by atoms with E-state index in [0.29, 0.717) is 6.10 Å². The molecule has 1 saturated heterocycles. The molecule has 3 aromatic heterocycles. The van der Waals surface area contributed by atoms with Gasteiger partial charge < -0.3 is 9.30 Å². The fourth-order valence-electron chi connectivity index (χ4n) is 3.42. The molecule has 4 heterocycles. The van der Waals surface area contributed by atoms with Gasteiger partial charge in [0.2, 0.25) is 0 Å². The largest absolute Gasteiger partial charge is 0.377 e. The predicted octanol–water partition coefficient (Wildman–Crippen LogP) is 4.12. The van der Waals surface area contributed by atoms with Crippen LogP contribution < -0.4 is 0 Å². The van der Waals surface area contributed by atoms with Gasteiger partial charge in [-0.05, 0) is 59.5 Å². The van der Waals surface area contributed by atoms with E-state index in [1.165, 1.54) is 24.1 Å². The summed E-state index contributed by atoms with van der Waals surface area (Å²) in [6, 6.07) is 10.6. The van der Waals surface area contributed by atoms with Crippen LogP contribution in [0.25, 0.3) is 5.69 Å². The molecule has 0 aromatic carbocycles. The van der Waals surface area contributed by atoms with Crippen LogP contribution in [0.2, 0.25) is 0 Å². The van der Waals surface area contributed by atoms with Crippen molar-refractivity contribution in [3.63, 3.8) is 0 Å². The Kier molecular flexibility index (Phi) is 5.25. The molecule has 1 fully saturated rings. The first-order valence-corrected chi connectivity index (χ1v) is 9.74. The summed E-state index contributed by atoms with van der Waals surface area (Å²) in [5.41, 5.74) is 3.76. The normalized spacial score (nSPS) is 17.4. The van der Waals surface area contributed by atoms with Gasteiger partial charge in [-0.15, -0.1) is 0 Å². The fraction of sp³-hybridized carbons (Fsp3) is 0.350. The third kappa shape index (κ3) is 4.18. The van der Waals surface area contributed by atoms with Gasteiger partial charge in [0.15, 0.2) is 0 Å². The van der Waals surface area contributed by atoms with Crippen LogP contribution in [0, 0.1) is 0 Å². The summed E-state index contributed by atoms with van der Waals surface area (Å²) in [7, 11) is 0. The molecule has 130 valence electrons. The van der Waals surface area contributed by atoms with E-state index in [2.05, 4.69) is 55.7 Å². The van der Waals surface area contributed by atoms with Gasteiger partial charge in [-0.2, -0.15) is 11.3 Å². The van der Waals surface area contributed by atoms with E-state index < -0.39 is 0 Å². The summed E-state index contributed by atoms with van der Waals surface area (Å²) in [6.07, 6.45) is 8.55. The summed E-state index contributed by atoms with van der Waals surface area (Å²) >= 11 is 1.76. The highest BCUT2D eigenvalue weighted by Gasteiger charge is 2.20. The number of aromatic nitrogens is 2. The summed E-state index contributed by atoms with van der Waals surface area (Å²) < 4.78 is 8.11. The number of hydrogen-bond donors (Lipinski definition) is 0. The van der Waals surface area contributed by atoms with Crippen LogP contribution in [0.5, 0.6) is 0 Å². The maximum atomic E-state index is 5.88. The molecule has 0 spiro atoms. The Morgan fingerprint density at radius 2 is 2.24 bits per heavy atom. The molecule has 1 aliphatic rings. The van der Waals surface area contributed by atoms with E-state index in [4.69, 9.17) is 4.74 Å². The van der Waals surface area contributed by atoms with Crippen LogP contribution >= 0.6 is 11.3 Å². The predicted molar refractivity (Wildman–Crippen MR) is 101 cm³/mol. The van der Waals surface area contributed by atoms with Crippen molar-refractivity contribution in [1.82, 2.24) is 14.5 Å². The van der Waals surface area contributed by atoms with Crippen LogP contribution in [0.4, 0.5) is 0 Å². The van der Waals surface area contributed by atoms with Crippen molar-refractivity contribution < 1.29 is 4.74 Å². The molecule has 0 saturated carbocycles. The smallest absolute Gasteiger partial charge is 0.0703 e. The third-order valence-corrected chi connectivity index (χ3v) is 5.35. The van der Waals surface area contributed by atoms with E-state index in [1.54, 1.807) is 11.3 Å². The number of nitrogens with zero attached hydrogens (tertiary/aromatic N) is 3. The van der Waals surface area contributed by atoms with Crippen LogP contribution in [0.15, 0.2) is 59.7 Å². The molecule has 3 aromatic rings. The number of thiophene rings is 1. The van der Waals surface area contributed by atoms with Crippen LogP contribution in [-0.4, -0.2) is 33.7 Å². The van der Waals surface area contributed by atoms with Crippen molar-refractivity contribution in [3.8, 4) is 5.69 Å². The lowest BCUT2D eigenvalue weighted by molar-refractivity contribution is 0.0673. The first kappa shape index (κ1) is 16.5. The second-order valence-corrected chi connectivity index (χ2v) is 7.30. The molecule has 0 amide bonds. The SMILES string of the molecule is c1cncc(-n2cccc2CN(Cc2ccsc2)CC2CCCO2)c1. The highest BCUT2D eigenvalue weighted by atomic mass is 32.1. The summed E-state index contributed by atoms with van der Waals surface area (Å²) in [5, 5.41) is 4.39. The molecule has 4 nitrogen and oxygen atoms in total. The Bertz CT molecular complexity index is 763. The lowest BCUT2D eigenvalue weighted by atomic mass is 10.2. The zero-order valence-electron chi connectivity index (χ0n) is 14.3. The van der Waals surface area contributed by atoms with Gasteiger partial charge in [0.1, 0.15) is 0 Å². The average Bonchev–Trinajstić information content (AvgIpc) is 3.38. The van der Waals surface area contributed by atoms with Crippen molar-refractivity contribution in [2.45, 2.75) is 32.0 Å². The molecule has 5 heteroatoms. The molecule has 1 aliphatic heterocycles. The van der Waals surface area contributed by atoms with Gasteiger partial charge in [-0.25, -0.2) is 0 Å². The molecule has 1 unspecified atom stereocenters. The van der Waals surface area contributed by atoms with Crippen LogP contribution in [0.3, 0.4) is 0 Å². The Morgan fingerprint density at radius 1 is 1.24 bits per heavy atom. The summed E-state index contributed by atoms with van der Waals surface area (Å²) in [4.78, 5) is 6.75. The van der Waals surface area contributed by atoms with Gasteiger partial charge in [-0.3, -0.25) is 9.88 Å². The molecule has 1 atom stereocenters. The van der Waals surface area contributed by atoms with Gasteiger partial charge >= 0.3 is 0 Å². The lowest BCUT2D eigenvalue weighted by Gasteiger charge is -2.25. The van der Waals surface area contributed by atoms with E-state index in [9.17, 15) is 0 Å². The van der Waals surface area contributed by atoms with E-state index >= 15 is 0 Å². The minimum atomic E-state index is 0.362. The third-order valence-electron chi connectivity index (χ3n) is 4.61. The molecule has 0 aliphatic carbocycles. The quantitative estimate of drug-likeness (QED) is 0.640. The highest BCUT2D eigenvalue weighted by molar-refractivity contribution is 7.07.